The third kappa shape index (κ3) is 4.48. The van der Waals surface area contributed by atoms with E-state index in [4.69, 9.17) is 4.74 Å². The van der Waals surface area contributed by atoms with Gasteiger partial charge in [0, 0.05) is 26.3 Å². The highest BCUT2D eigenvalue weighted by atomic mass is 32.1. The van der Waals surface area contributed by atoms with Crippen LogP contribution in [0.25, 0.3) is 0 Å². The Morgan fingerprint density at radius 3 is 2.44 bits per heavy atom. The summed E-state index contributed by atoms with van der Waals surface area (Å²) in [7, 11) is 4.84. The average molecular weight is 363 g/mol. The van der Waals surface area contributed by atoms with E-state index in [1.165, 1.54) is 9.47 Å². The quantitative estimate of drug-likeness (QED) is 0.837. The number of thiazole rings is 1. The third-order valence-electron chi connectivity index (χ3n) is 3.75. The van der Waals surface area contributed by atoms with E-state index in [0.717, 1.165) is 22.6 Å². The zero-order chi connectivity index (χ0) is 18.6. The van der Waals surface area contributed by atoms with Crippen LogP contribution >= 0.6 is 11.3 Å². The molecule has 0 aliphatic carbocycles. The van der Waals surface area contributed by atoms with Crippen LogP contribution in [0, 0.1) is 6.92 Å². The lowest BCUT2D eigenvalue weighted by molar-refractivity contribution is -0.129. The molecule has 2 aromatic rings. The molecule has 2 amide bonds. The van der Waals surface area contributed by atoms with Crippen molar-refractivity contribution in [3.63, 3.8) is 0 Å². The monoisotopic (exact) mass is 363 g/mol. The third-order valence-corrected chi connectivity index (χ3v) is 4.83. The first-order chi connectivity index (χ1) is 11.8. The number of carbonyl (C=O) groups excluding carboxylic acids is 2. The minimum Gasteiger partial charge on any atom is -0.497 e. The Morgan fingerprint density at radius 2 is 1.88 bits per heavy atom. The van der Waals surface area contributed by atoms with Gasteiger partial charge in [-0.1, -0.05) is 23.5 Å². The number of ether oxygens (including phenoxy) is 1. The first-order valence-electron chi connectivity index (χ1n) is 7.65. The molecule has 1 aromatic carbocycles. The Kier molecular flexibility index (Phi) is 5.97. The molecule has 8 heteroatoms. The van der Waals surface area contributed by atoms with Crippen molar-refractivity contribution in [1.82, 2.24) is 14.8 Å². The molecule has 0 atom stereocenters. The number of aromatic nitrogens is 1. The molecule has 1 N–H and O–H groups in total. The molecule has 0 spiro atoms. The van der Waals surface area contributed by atoms with Crippen LogP contribution in [0.5, 0.6) is 5.75 Å². The van der Waals surface area contributed by atoms with E-state index >= 15 is 0 Å². The second-order valence-corrected chi connectivity index (χ2v) is 6.65. The van der Waals surface area contributed by atoms with E-state index in [1.807, 2.05) is 24.3 Å². The number of nitrogens with one attached hydrogen (secondary N) is 1. The lowest BCUT2D eigenvalue weighted by atomic mass is 10.2. The van der Waals surface area contributed by atoms with E-state index in [0.29, 0.717) is 17.1 Å². The summed E-state index contributed by atoms with van der Waals surface area (Å²) in [5.41, 5.74) is 1.42. The first-order valence-corrected chi connectivity index (χ1v) is 8.46. The molecule has 0 radical (unpaired) electrons. The number of benzene rings is 1. The zero-order valence-corrected chi connectivity index (χ0v) is 15.5. The number of hydrogen-bond donors (Lipinski definition) is 1. The highest BCUT2D eigenvalue weighted by Gasteiger charge is 2.19. The number of rotatable bonds is 6. The number of hydrogen-bond acceptors (Lipinski definition) is 5. The van der Waals surface area contributed by atoms with Crippen molar-refractivity contribution in [2.75, 3.05) is 21.2 Å². The Bertz CT molecular complexity index is 821. The molecule has 2 rings (SSSR count). The SMILES string of the molecule is COc1ccc(CNC(=O)c2sc(=O)n(CC(=O)N(C)C)c2C)cc1. The van der Waals surface area contributed by atoms with Crippen LogP contribution in [0.2, 0.25) is 0 Å². The van der Waals surface area contributed by atoms with E-state index in [2.05, 4.69) is 5.32 Å². The van der Waals surface area contributed by atoms with Crippen molar-refractivity contribution in [2.24, 2.45) is 0 Å². The van der Waals surface area contributed by atoms with Crippen LogP contribution in [0.4, 0.5) is 0 Å². The molecule has 0 saturated carbocycles. The van der Waals surface area contributed by atoms with Crippen LogP contribution in [-0.4, -0.2) is 42.5 Å². The normalized spacial score (nSPS) is 10.4. The lowest BCUT2D eigenvalue weighted by Gasteiger charge is -2.11. The summed E-state index contributed by atoms with van der Waals surface area (Å²) in [5, 5.41) is 2.79. The van der Waals surface area contributed by atoms with E-state index in [1.54, 1.807) is 28.1 Å². The first kappa shape index (κ1) is 18.7. The molecule has 0 fully saturated rings. The molecule has 0 saturated heterocycles. The van der Waals surface area contributed by atoms with Gasteiger partial charge in [0.1, 0.15) is 17.2 Å². The van der Waals surface area contributed by atoms with Crippen LogP contribution in [0.1, 0.15) is 20.9 Å². The maximum Gasteiger partial charge on any atom is 0.308 e. The number of amides is 2. The van der Waals surface area contributed by atoms with Gasteiger partial charge in [-0.3, -0.25) is 19.0 Å². The Balaban J connectivity index is 2.08. The fourth-order valence-corrected chi connectivity index (χ4v) is 3.06. The van der Waals surface area contributed by atoms with E-state index in [9.17, 15) is 14.4 Å². The van der Waals surface area contributed by atoms with Crippen LogP contribution in [0.3, 0.4) is 0 Å². The molecule has 134 valence electrons. The average Bonchev–Trinajstić information content (AvgIpc) is 2.88. The largest absolute Gasteiger partial charge is 0.497 e. The van der Waals surface area contributed by atoms with Crippen molar-refractivity contribution in [3.8, 4) is 5.75 Å². The highest BCUT2D eigenvalue weighted by Crippen LogP contribution is 2.14. The minimum absolute atomic E-state index is 0.0695. The molecule has 25 heavy (non-hydrogen) atoms. The summed E-state index contributed by atoms with van der Waals surface area (Å²) in [5.74, 6) is 0.214. The molecule has 0 aliphatic rings. The number of carbonyl (C=O) groups is 2. The predicted molar refractivity (Wildman–Crippen MR) is 96.2 cm³/mol. The van der Waals surface area contributed by atoms with Crippen molar-refractivity contribution >= 4 is 23.2 Å². The van der Waals surface area contributed by atoms with Gasteiger partial charge in [-0.25, -0.2) is 0 Å². The number of nitrogens with zero attached hydrogens (tertiary/aromatic N) is 2. The Labute approximate surface area is 149 Å². The summed E-state index contributed by atoms with van der Waals surface area (Å²) >= 11 is 0.849. The fourth-order valence-electron chi connectivity index (χ4n) is 2.15. The van der Waals surface area contributed by atoms with Crippen molar-refractivity contribution in [1.29, 1.82) is 0 Å². The molecule has 0 unspecified atom stereocenters. The van der Waals surface area contributed by atoms with Gasteiger partial charge in [0.25, 0.3) is 5.91 Å². The maximum atomic E-state index is 12.4. The van der Waals surface area contributed by atoms with Gasteiger partial charge in [-0.2, -0.15) is 0 Å². The summed E-state index contributed by atoms with van der Waals surface area (Å²) in [6.07, 6.45) is 0. The summed E-state index contributed by atoms with van der Waals surface area (Å²) in [6, 6.07) is 7.34. The van der Waals surface area contributed by atoms with Crippen molar-refractivity contribution < 1.29 is 14.3 Å². The van der Waals surface area contributed by atoms with Crippen LogP contribution in [-0.2, 0) is 17.9 Å². The maximum absolute atomic E-state index is 12.4. The van der Waals surface area contributed by atoms with Gasteiger partial charge >= 0.3 is 4.87 Å². The molecule has 0 bridgehead atoms. The highest BCUT2D eigenvalue weighted by molar-refractivity contribution is 7.11. The minimum atomic E-state index is -0.327. The van der Waals surface area contributed by atoms with Crippen molar-refractivity contribution in [3.05, 3.63) is 50.1 Å². The van der Waals surface area contributed by atoms with Gasteiger partial charge in [0.05, 0.1) is 7.11 Å². The van der Waals surface area contributed by atoms with Crippen molar-refractivity contribution in [2.45, 2.75) is 20.0 Å². The summed E-state index contributed by atoms with van der Waals surface area (Å²) in [4.78, 5) is 37.7. The zero-order valence-electron chi connectivity index (χ0n) is 14.7. The molecule has 1 aromatic heterocycles. The predicted octanol–water partition coefficient (Wildman–Crippen LogP) is 1.25. The van der Waals surface area contributed by atoms with E-state index in [-0.39, 0.29) is 23.2 Å². The summed E-state index contributed by atoms with van der Waals surface area (Å²) in [6.45, 7) is 1.94. The van der Waals surface area contributed by atoms with Gasteiger partial charge in [0.15, 0.2) is 0 Å². The van der Waals surface area contributed by atoms with E-state index < -0.39 is 0 Å². The van der Waals surface area contributed by atoms with Gasteiger partial charge < -0.3 is 15.0 Å². The number of methoxy groups -OCH3 is 1. The fraction of sp³-hybridized carbons (Fsp3) is 0.353. The van der Waals surface area contributed by atoms with Crippen LogP contribution < -0.4 is 14.9 Å². The molecular weight excluding hydrogens is 342 g/mol. The topological polar surface area (TPSA) is 80.6 Å². The Morgan fingerprint density at radius 1 is 1.24 bits per heavy atom. The smallest absolute Gasteiger partial charge is 0.308 e. The van der Waals surface area contributed by atoms with Gasteiger partial charge in [-0.15, -0.1) is 0 Å². The molecule has 0 aliphatic heterocycles. The van der Waals surface area contributed by atoms with Gasteiger partial charge in [-0.05, 0) is 24.6 Å². The second-order valence-electron chi connectivity index (χ2n) is 5.69. The second kappa shape index (κ2) is 7.98. The Hall–Kier alpha value is -2.61. The lowest BCUT2D eigenvalue weighted by Crippen LogP contribution is -2.30. The summed E-state index contributed by atoms with van der Waals surface area (Å²) < 4.78 is 6.42. The molecule has 1 heterocycles. The van der Waals surface area contributed by atoms with Crippen LogP contribution in [0.15, 0.2) is 29.1 Å². The molecule has 7 nitrogen and oxygen atoms in total. The van der Waals surface area contributed by atoms with Gasteiger partial charge in [0.2, 0.25) is 5.91 Å². The standard InChI is InChI=1S/C17H21N3O4S/c1-11-15(25-17(23)20(11)10-14(21)19(2)3)16(22)18-9-12-5-7-13(24-4)8-6-12/h5-8H,9-10H2,1-4H3,(H,18,22). The number of likely N-dealkylation sites (N-methyl/N-ethyl adjacent to an activating group) is 1. The molecular formula is C17H21N3O4S.